The molecule has 0 amide bonds. The molecule has 0 aliphatic heterocycles. The van der Waals surface area contributed by atoms with Crippen LogP contribution in [-0.2, 0) is 38.5 Å². The van der Waals surface area contributed by atoms with Crippen molar-refractivity contribution in [1.29, 1.82) is 0 Å². The minimum atomic E-state index is -0.502. The molecule has 1 aliphatic carbocycles. The van der Waals surface area contributed by atoms with Crippen molar-refractivity contribution in [3.05, 3.63) is 71.3 Å². The third-order valence-corrected chi connectivity index (χ3v) is 4.60. The quantitative estimate of drug-likeness (QED) is 0.785. The second kappa shape index (κ2) is 7.97. The van der Waals surface area contributed by atoms with Crippen molar-refractivity contribution in [2.24, 2.45) is 11.8 Å². The molecule has 4 heteroatoms. The van der Waals surface area contributed by atoms with Crippen molar-refractivity contribution in [2.45, 2.75) is 26.4 Å². The summed E-state index contributed by atoms with van der Waals surface area (Å²) in [5.41, 5.74) is 3.14. The van der Waals surface area contributed by atoms with E-state index in [0.717, 1.165) is 16.7 Å². The van der Waals surface area contributed by atoms with E-state index < -0.39 is 11.8 Å². The van der Waals surface area contributed by atoms with Gasteiger partial charge in [-0.3, -0.25) is 9.59 Å². The molecule has 0 radical (unpaired) electrons. The minimum Gasteiger partial charge on any atom is -0.466 e. The van der Waals surface area contributed by atoms with Crippen molar-refractivity contribution in [3.8, 4) is 0 Å². The van der Waals surface area contributed by atoms with E-state index in [1.807, 2.05) is 54.6 Å². The minimum absolute atomic E-state index is 0.216. The Kier molecular flexibility index (Phi) is 5.49. The second-order valence-electron chi connectivity index (χ2n) is 6.24. The molecule has 0 aromatic heterocycles. The van der Waals surface area contributed by atoms with Crippen LogP contribution in [-0.4, -0.2) is 18.5 Å². The number of carbonyl (C=O) groups is 2. The standard InChI is InChI=1S/C21H22O4/c1-2-24-20(22)18-12-16-10-6-7-11-17(16)13-19(18)21(23)25-14-15-8-4-3-5-9-15/h3-11,18-19H,2,12-14H2,1H3. The highest BCUT2D eigenvalue weighted by Gasteiger charge is 2.39. The van der Waals surface area contributed by atoms with Gasteiger partial charge in [-0.1, -0.05) is 54.6 Å². The molecular formula is C21H22O4. The van der Waals surface area contributed by atoms with Gasteiger partial charge < -0.3 is 9.47 Å². The van der Waals surface area contributed by atoms with Crippen LogP contribution in [0.3, 0.4) is 0 Å². The normalized spacial score (nSPS) is 18.9. The summed E-state index contributed by atoms with van der Waals surface area (Å²) in [7, 11) is 0. The molecule has 0 spiro atoms. The molecule has 4 nitrogen and oxygen atoms in total. The Morgan fingerprint density at radius 1 is 0.840 bits per heavy atom. The van der Waals surface area contributed by atoms with Gasteiger partial charge in [0.05, 0.1) is 18.4 Å². The van der Waals surface area contributed by atoms with Crippen LogP contribution in [0.2, 0.25) is 0 Å². The first-order valence-electron chi connectivity index (χ1n) is 8.63. The smallest absolute Gasteiger partial charge is 0.310 e. The van der Waals surface area contributed by atoms with Crippen LogP contribution < -0.4 is 0 Å². The fourth-order valence-corrected chi connectivity index (χ4v) is 3.29. The summed E-state index contributed by atoms with van der Waals surface area (Å²) in [6.07, 6.45) is 1.02. The largest absolute Gasteiger partial charge is 0.466 e. The van der Waals surface area contributed by atoms with E-state index >= 15 is 0 Å². The van der Waals surface area contributed by atoms with E-state index in [2.05, 4.69) is 0 Å². The summed E-state index contributed by atoms with van der Waals surface area (Å²) in [6, 6.07) is 17.5. The number of carbonyl (C=O) groups excluding carboxylic acids is 2. The molecule has 0 saturated carbocycles. The first-order chi connectivity index (χ1) is 12.2. The van der Waals surface area contributed by atoms with Crippen LogP contribution in [0.25, 0.3) is 0 Å². The lowest BCUT2D eigenvalue weighted by molar-refractivity contribution is -0.161. The highest BCUT2D eigenvalue weighted by atomic mass is 16.5. The number of hydrogen-bond donors (Lipinski definition) is 0. The van der Waals surface area contributed by atoms with Crippen molar-refractivity contribution < 1.29 is 19.1 Å². The summed E-state index contributed by atoms with van der Waals surface area (Å²) >= 11 is 0. The number of ether oxygens (including phenoxy) is 2. The van der Waals surface area contributed by atoms with Gasteiger partial charge in [-0.15, -0.1) is 0 Å². The van der Waals surface area contributed by atoms with E-state index in [1.54, 1.807) is 6.92 Å². The number of rotatable bonds is 5. The molecule has 25 heavy (non-hydrogen) atoms. The maximum absolute atomic E-state index is 12.7. The molecular weight excluding hydrogens is 316 g/mol. The Balaban J connectivity index is 1.75. The Morgan fingerprint density at radius 3 is 1.92 bits per heavy atom. The molecule has 3 rings (SSSR count). The molecule has 0 fully saturated rings. The van der Waals surface area contributed by atoms with Crippen LogP contribution in [0.5, 0.6) is 0 Å². The molecule has 0 bridgehead atoms. The van der Waals surface area contributed by atoms with E-state index in [1.165, 1.54) is 0 Å². The zero-order valence-corrected chi connectivity index (χ0v) is 14.3. The highest BCUT2D eigenvalue weighted by Crippen LogP contribution is 2.32. The lowest BCUT2D eigenvalue weighted by atomic mass is 9.76. The summed E-state index contributed by atoms with van der Waals surface area (Å²) in [5, 5.41) is 0. The van der Waals surface area contributed by atoms with Gasteiger partial charge >= 0.3 is 11.9 Å². The van der Waals surface area contributed by atoms with Crippen LogP contribution in [0.1, 0.15) is 23.6 Å². The Labute approximate surface area is 147 Å². The lowest BCUT2D eigenvalue weighted by Crippen LogP contribution is -2.38. The SMILES string of the molecule is CCOC(=O)C1Cc2ccccc2CC1C(=O)OCc1ccccc1. The molecule has 1 aliphatic rings. The van der Waals surface area contributed by atoms with Gasteiger partial charge in [-0.25, -0.2) is 0 Å². The topological polar surface area (TPSA) is 52.6 Å². The van der Waals surface area contributed by atoms with Crippen molar-refractivity contribution in [2.75, 3.05) is 6.61 Å². The van der Waals surface area contributed by atoms with Gasteiger partial charge in [0, 0.05) is 0 Å². The molecule has 0 saturated heterocycles. The molecule has 2 unspecified atom stereocenters. The van der Waals surface area contributed by atoms with E-state index in [9.17, 15) is 9.59 Å². The molecule has 2 aromatic rings. The molecule has 2 aromatic carbocycles. The fourth-order valence-electron chi connectivity index (χ4n) is 3.29. The van der Waals surface area contributed by atoms with E-state index in [4.69, 9.17) is 9.47 Å². The van der Waals surface area contributed by atoms with Crippen LogP contribution >= 0.6 is 0 Å². The van der Waals surface area contributed by atoms with Gasteiger partial charge in [0.2, 0.25) is 0 Å². The van der Waals surface area contributed by atoms with Gasteiger partial charge in [-0.2, -0.15) is 0 Å². The number of benzene rings is 2. The van der Waals surface area contributed by atoms with E-state index in [0.29, 0.717) is 19.4 Å². The molecule has 130 valence electrons. The maximum Gasteiger partial charge on any atom is 0.310 e. The summed E-state index contributed by atoms with van der Waals surface area (Å²) in [4.78, 5) is 25.0. The summed E-state index contributed by atoms with van der Waals surface area (Å²) in [6.45, 7) is 2.30. The second-order valence-corrected chi connectivity index (χ2v) is 6.24. The summed E-state index contributed by atoms with van der Waals surface area (Å²) in [5.74, 6) is -1.65. The molecule has 0 N–H and O–H groups in total. The van der Waals surface area contributed by atoms with Gasteiger partial charge in [0.1, 0.15) is 6.61 Å². The van der Waals surface area contributed by atoms with Crippen LogP contribution in [0.4, 0.5) is 0 Å². The van der Waals surface area contributed by atoms with Crippen LogP contribution in [0.15, 0.2) is 54.6 Å². The third-order valence-electron chi connectivity index (χ3n) is 4.60. The van der Waals surface area contributed by atoms with Gasteiger partial charge in [-0.05, 0) is 36.5 Å². The number of hydrogen-bond acceptors (Lipinski definition) is 4. The third kappa shape index (κ3) is 4.08. The highest BCUT2D eigenvalue weighted by molar-refractivity contribution is 5.83. The zero-order chi connectivity index (χ0) is 17.6. The molecule has 0 heterocycles. The average Bonchev–Trinajstić information content (AvgIpc) is 2.66. The van der Waals surface area contributed by atoms with Gasteiger partial charge in [0.15, 0.2) is 0 Å². The Morgan fingerprint density at radius 2 is 1.36 bits per heavy atom. The lowest BCUT2D eigenvalue weighted by Gasteiger charge is -2.30. The number of fused-ring (bicyclic) bond motifs is 1. The zero-order valence-electron chi connectivity index (χ0n) is 14.3. The maximum atomic E-state index is 12.7. The monoisotopic (exact) mass is 338 g/mol. The first kappa shape index (κ1) is 17.2. The Hall–Kier alpha value is -2.62. The predicted molar refractivity (Wildman–Crippen MR) is 93.7 cm³/mol. The van der Waals surface area contributed by atoms with Crippen molar-refractivity contribution in [3.63, 3.8) is 0 Å². The first-order valence-corrected chi connectivity index (χ1v) is 8.63. The molecule has 2 atom stereocenters. The average molecular weight is 338 g/mol. The van der Waals surface area contributed by atoms with Crippen molar-refractivity contribution in [1.82, 2.24) is 0 Å². The Bertz CT molecular complexity index is 739. The summed E-state index contributed by atoms with van der Waals surface area (Å²) < 4.78 is 10.7. The van der Waals surface area contributed by atoms with E-state index in [-0.39, 0.29) is 18.5 Å². The fraction of sp³-hybridized carbons (Fsp3) is 0.333. The number of esters is 2. The predicted octanol–water partition coefficient (Wildman–Crippen LogP) is 3.32. The van der Waals surface area contributed by atoms with Gasteiger partial charge in [0.25, 0.3) is 0 Å². The van der Waals surface area contributed by atoms with Crippen molar-refractivity contribution >= 4 is 11.9 Å². The van der Waals surface area contributed by atoms with Crippen LogP contribution in [0, 0.1) is 11.8 Å².